The summed E-state index contributed by atoms with van der Waals surface area (Å²) in [5.74, 6) is 0.144. The van der Waals surface area contributed by atoms with E-state index in [0.717, 1.165) is 5.56 Å². The van der Waals surface area contributed by atoms with Gasteiger partial charge >= 0.3 is 6.09 Å². The van der Waals surface area contributed by atoms with Crippen molar-refractivity contribution in [1.82, 2.24) is 4.90 Å². The van der Waals surface area contributed by atoms with Crippen molar-refractivity contribution in [3.8, 4) is 0 Å². The fourth-order valence-corrected chi connectivity index (χ4v) is 1.99. The predicted octanol–water partition coefficient (Wildman–Crippen LogP) is 2.23. The molecular weight excluding hydrogens is 230 g/mol. The number of carbonyl (C=O) groups is 2. The van der Waals surface area contributed by atoms with E-state index in [2.05, 4.69) is 0 Å². The molecule has 1 aromatic carbocycles. The summed E-state index contributed by atoms with van der Waals surface area (Å²) >= 11 is 0. The molecule has 1 amide bonds. The lowest BCUT2D eigenvalue weighted by molar-refractivity contribution is -0.125. The minimum absolute atomic E-state index is 0.0805. The summed E-state index contributed by atoms with van der Waals surface area (Å²) in [6.07, 6.45) is 0.0971. The zero-order valence-corrected chi connectivity index (χ0v) is 10.5. The van der Waals surface area contributed by atoms with Crippen molar-refractivity contribution in [3.63, 3.8) is 0 Å². The van der Waals surface area contributed by atoms with Crippen LogP contribution in [0.3, 0.4) is 0 Å². The number of carbonyl (C=O) groups excluding carboxylic acids is 2. The molecule has 1 unspecified atom stereocenters. The van der Waals surface area contributed by atoms with Crippen molar-refractivity contribution in [3.05, 3.63) is 35.9 Å². The van der Waals surface area contributed by atoms with Crippen LogP contribution in [0.2, 0.25) is 0 Å². The molecule has 0 saturated carbocycles. The van der Waals surface area contributed by atoms with Gasteiger partial charge in [0.2, 0.25) is 0 Å². The molecule has 1 aliphatic heterocycles. The number of nitrogens with zero attached hydrogens (tertiary/aromatic N) is 1. The van der Waals surface area contributed by atoms with Gasteiger partial charge < -0.3 is 9.64 Å². The van der Waals surface area contributed by atoms with E-state index in [4.69, 9.17) is 4.74 Å². The van der Waals surface area contributed by atoms with Gasteiger partial charge in [0.1, 0.15) is 12.4 Å². The molecule has 0 N–H and O–H groups in total. The number of Topliss-reactive ketones (excluding diaryl/α,β-unsaturated/α-hetero) is 1. The summed E-state index contributed by atoms with van der Waals surface area (Å²) in [6, 6.07) is 9.56. The van der Waals surface area contributed by atoms with Gasteiger partial charge in [0.15, 0.2) is 0 Å². The van der Waals surface area contributed by atoms with Crippen molar-refractivity contribution in [2.45, 2.75) is 20.0 Å². The Balaban J connectivity index is 1.83. The number of piperidine rings is 1. The Hall–Kier alpha value is -1.84. The summed E-state index contributed by atoms with van der Waals surface area (Å²) < 4.78 is 5.23. The molecule has 4 nitrogen and oxygen atoms in total. The Kier molecular flexibility index (Phi) is 3.97. The van der Waals surface area contributed by atoms with Crippen LogP contribution in [0.1, 0.15) is 18.9 Å². The Morgan fingerprint density at radius 2 is 2.11 bits per heavy atom. The zero-order chi connectivity index (χ0) is 13.0. The van der Waals surface area contributed by atoms with E-state index >= 15 is 0 Å². The quantitative estimate of drug-likeness (QED) is 0.805. The summed E-state index contributed by atoms with van der Waals surface area (Å²) in [6.45, 7) is 3.06. The molecule has 1 atom stereocenters. The van der Waals surface area contributed by atoms with Crippen molar-refractivity contribution >= 4 is 11.9 Å². The fraction of sp³-hybridized carbons (Fsp3) is 0.429. The molecule has 0 aromatic heterocycles. The molecule has 18 heavy (non-hydrogen) atoms. The van der Waals surface area contributed by atoms with E-state index in [-0.39, 0.29) is 24.4 Å². The molecule has 1 fully saturated rings. The van der Waals surface area contributed by atoms with Gasteiger partial charge in [-0.2, -0.15) is 0 Å². The smallest absolute Gasteiger partial charge is 0.410 e. The van der Waals surface area contributed by atoms with Gasteiger partial charge in [-0.25, -0.2) is 4.79 Å². The number of rotatable bonds is 2. The Bertz CT molecular complexity index is 430. The maximum absolute atomic E-state index is 11.8. The third-order valence-corrected chi connectivity index (χ3v) is 3.14. The Labute approximate surface area is 107 Å². The van der Waals surface area contributed by atoms with Gasteiger partial charge in [0.25, 0.3) is 0 Å². The topological polar surface area (TPSA) is 46.6 Å². The summed E-state index contributed by atoms with van der Waals surface area (Å²) in [4.78, 5) is 24.8. The number of ether oxygens (including phenoxy) is 1. The monoisotopic (exact) mass is 247 g/mol. The van der Waals surface area contributed by atoms with E-state index in [1.165, 1.54) is 0 Å². The third-order valence-electron chi connectivity index (χ3n) is 3.14. The lowest BCUT2D eigenvalue weighted by Gasteiger charge is -2.29. The van der Waals surface area contributed by atoms with Crippen molar-refractivity contribution in [2.75, 3.05) is 13.1 Å². The largest absolute Gasteiger partial charge is 0.445 e. The number of ketones is 1. The summed E-state index contributed by atoms with van der Waals surface area (Å²) in [7, 11) is 0. The molecule has 1 aromatic rings. The van der Waals surface area contributed by atoms with Crippen molar-refractivity contribution in [2.24, 2.45) is 5.92 Å². The van der Waals surface area contributed by atoms with E-state index in [9.17, 15) is 9.59 Å². The minimum atomic E-state index is -0.335. The molecule has 0 bridgehead atoms. The molecule has 0 radical (unpaired) electrons. The third kappa shape index (κ3) is 3.09. The molecule has 4 heteroatoms. The van der Waals surface area contributed by atoms with E-state index in [1.54, 1.807) is 4.90 Å². The van der Waals surface area contributed by atoms with Gasteiger partial charge in [-0.05, 0) is 5.56 Å². The summed E-state index contributed by atoms with van der Waals surface area (Å²) in [5.41, 5.74) is 0.965. The molecule has 0 aliphatic carbocycles. The van der Waals surface area contributed by atoms with Crippen molar-refractivity contribution < 1.29 is 14.3 Å². The van der Waals surface area contributed by atoms with Gasteiger partial charge in [-0.15, -0.1) is 0 Å². The van der Waals surface area contributed by atoms with Crippen LogP contribution in [0.15, 0.2) is 30.3 Å². The van der Waals surface area contributed by atoms with Gasteiger partial charge in [0.05, 0.1) is 0 Å². The summed E-state index contributed by atoms with van der Waals surface area (Å²) in [5, 5.41) is 0. The first kappa shape index (κ1) is 12.6. The Morgan fingerprint density at radius 1 is 1.39 bits per heavy atom. The van der Waals surface area contributed by atoms with E-state index in [0.29, 0.717) is 19.5 Å². The molecule has 2 rings (SSSR count). The molecular formula is C14H17NO3. The van der Waals surface area contributed by atoms with Crippen LogP contribution in [-0.2, 0) is 16.1 Å². The normalized spacial score (nSPS) is 19.7. The lowest BCUT2D eigenvalue weighted by atomic mass is 9.99. The number of amides is 1. The highest BCUT2D eigenvalue weighted by Crippen LogP contribution is 2.13. The SMILES string of the molecule is CC1CN(C(=O)OCc2ccccc2)CCC1=O. The zero-order valence-electron chi connectivity index (χ0n) is 10.5. The highest BCUT2D eigenvalue weighted by atomic mass is 16.6. The van der Waals surface area contributed by atoms with Crippen LogP contribution < -0.4 is 0 Å². The Morgan fingerprint density at radius 3 is 2.78 bits per heavy atom. The highest BCUT2D eigenvalue weighted by Gasteiger charge is 2.27. The van der Waals surface area contributed by atoms with Gasteiger partial charge in [-0.1, -0.05) is 37.3 Å². The van der Waals surface area contributed by atoms with Crippen LogP contribution in [-0.4, -0.2) is 29.9 Å². The number of likely N-dealkylation sites (tertiary alicyclic amines) is 1. The maximum Gasteiger partial charge on any atom is 0.410 e. The van der Waals surface area contributed by atoms with Crippen LogP contribution in [0.4, 0.5) is 4.79 Å². The molecule has 0 spiro atoms. The predicted molar refractivity (Wildman–Crippen MR) is 67.0 cm³/mol. The second-order valence-corrected chi connectivity index (χ2v) is 4.60. The van der Waals surface area contributed by atoms with Crippen LogP contribution >= 0.6 is 0 Å². The lowest BCUT2D eigenvalue weighted by Crippen LogP contribution is -2.43. The van der Waals surface area contributed by atoms with Crippen LogP contribution in [0, 0.1) is 5.92 Å². The maximum atomic E-state index is 11.8. The molecule has 96 valence electrons. The standard InChI is InChI=1S/C14H17NO3/c1-11-9-15(8-7-13(11)16)14(17)18-10-12-5-3-2-4-6-12/h2-6,11H,7-10H2,1H3. The minimum Gasteiger partial charge on any atom is -0.445 e. The van der Waals surface area contributed by atoms with Crippen LogP contribution in [0.25, 0.3) is 0 Å². The van der Waals surface area contributed by atoms with Crippen molar-refractivity contribution in [1.29, 1.82) is 0 Å². The fourth-order valence-electron chi connectivity index (χ4n) is 1.99. The van der Waals surface area contributed by atoms with Gasteiger partial charge in [0, 0.05) is 25.4 Å². The number of hydrogen-bond donors (Lipinski definition) is 0. The number of hydrogen-bond acceptors (Lipinski definition) is 3. The molecule has 1 saturated heterocycles. The second kappa shape index (κ2) is 5.67. The average Bonchev–Trinajstić information content (AvgIpc) is 2.40. The van der Waals surface area contributed by atoms with E-state index < -0.39 is 0 Å². The number of benzene rings is 1. The average molecular weight is 247 g/mol. The van der Waals surface area contributed by atoms with E-state index in [1.807, 2.05) is 37.3 Å². The van der Waals surface area contributed by atoms with Crippen LogP contribution in [0.5, 0.6) is 0 Å². The van der Waals surface area contributed by atoms with Gasteiger partial charge in [-0.3, -0.25) is 4.79 Å². The molecule has 1 heterocycles. The first-order chi connectivity index (χ1) is 8.66. The molecule has 1 aliphatic rings. The highest BCUT2D eigenvalue weighted by molar-refractivity contribution is 5.83. The first-order valence-corrected chi connectivity index (χ1v) is 6.15. The first-order valence-electron chi connectivity index (χ1n) is 6.15. The second-order valence-electron chi connectivity index (χ2n) is 4.60.